The predicted octanol–water partition coefficient (Wildman–Crippen LogP) is 4.59. The zero-order valence-electron chi connectivity index (χ0n) is 14.4. The summed E-state index contributed by atoms with van der Waals surface area (Å²) in [7, 11) is 0. The smallest absolute Gasteiger partial charge is 0.282 e. The highest BCUT2D eigenvalue weighted by Crippen LogP contribution is 2.35. The minimum Gasteiger partial charge on any atom is -0.350 e. The summed E-state index contributed by atoms with van der Waals surface area (Å²) in [5.74, 6) is -1.48. The molecule has 1 aliphatic heterocycles. The van der Waals surface area contributed by atoms with Gasteiger partial charge in [-0.2, -0.15) is 0 Å². The van der Waals surface area contributed by atoms with Gasteiger partial charge < -0.3 is 5.32 Å². The third kappa shape index (κ3) is 3.15. The summed E-state index contributed by atoms with van der Waals surface area (Å²) >= 11 is 1.37. The van der Waals surface area contributed by atoms with Gasteiger partial charge in [-0.15, -0.1) is 11.3 Å². The van der Waals surface area contributed by atoms with Crippen molar-refractivity contribution in [2.45, 2.75) is 6.92 Å². The topological polar surface area (TPSA) is 49.4 Å². The van der Waals surface area contributed by atoms with Crippen molar-refractivity contribution in [3.63, 3.8) is 0 Å². The number of imide groups is 1. The zero-order valence-corrected chi connectivity index (χ0v) is 15.2. The van der Waals surface area contributed by atoms with Crippen molar-refractivity contribution in [1.82, 2.24) is 0 Å². The molecule has 27 heavy (non-hydrogen) atoms. The number of carbonyl (C=O) groups excluding carboxylic acids is 2. The van der Waals surface area contributed by atoms with Gasteiger partial charge in [-0.3, -0.25) is 9.59 Å². The van der Waals surface area contributed by atoms with E-state index < -0.39 is 17.6 Å². The molecule has 2 amide bonds. The number of amides is 2. The number of benzene rings is 2. The molecular formula is C21H15FN2O2S. The highest BCUT2D eigenvalue weighted by molar-refractivity contribution is 7.11. The minimum absolute atomic E-state index is 0.192. The summed E-state index contributed by atoms with van der Waals surface area (Å²) in [5.41, 5.74) is 2.43. The lowest BCUT2D eigenvalue weighted by atomic mass is 10.1. The standard InChI is InChI=1S/C21H15FN2O2S/c1-13-5-2-7-15(11-13)23-19-18(17-9-4-10-27-17)20(25)24(21(19)26)16-8-3-6-14(22)12-16/h2-12,23H,1H3. The molecule has 6 heteroatoms. The van der Waals surface area contributed by atoms with Crippen LogP contribution in [0.3, 0.4) is 0 Å². The molecule has 0 fully saturated rings. The molecule has 0 atom stereocenters. The zero-order chi connectivity index (χ0) is 19.0. The maximum Gasteiger partial charge on any atom is 0.282 e. The van der Waals surface area contributed by atoms with Gasteiger partial charge in [0.1, 0.15) is 11.5 Å². The SMILES string of the molecule is Cc1cccc(NC2=C(c3cccs3)C(=O)N(c3cccc(F)c3)C2=O)c1. The Kier molecular flexibility index (Phi) is 4.33. The van der Waals surface area contributed by atoms with E-state index in [9.17, 15) is 14.0 Å². The molecule has 2 heterocycles. The van der Waals surface area contributed by atoms with Crippen molar-refractivity contribution in [3.05, 3.63) is 88.0 Å². The highest BCUT2D eigenvalue weighted by Gasteiger charge is 2.40. The minimum atomic E-state index is -0.508. The largest absolute Gasteiger partial charge is 0.350 e. The fraction of sp³-hybridized carbons (Fsp3) is 0.0476. The van der Waals surface area contributed by atoms with Crippen LogP contribution in [0.1, 0.15) is 10.4 Å². The van der Waals surface area contributed by atoms with Gasteiger partial charge in [-0.05, 0) is 54.3 Å². The Morgan fingerprint density at radius 1 is 0.963 bits per heavy atom. The fourth-order valence-corrected chi connectivity index (χ4v) is 3.78. The Morgan fingerprint density at radius 2 is 1.78 bits per heavy atom. The molecule has 0 aliphatic carbocycles. The number of nitrogens with zero attached hydrogens (tertiary/aromatic N) is 1. The monoisotopic (exact) mass is 378 g/mol. The summed E-state index contributed by atoms with van der Waals surface area (Å²) in [4.78, 5) is 27.9. The second-order valence-electron chi connectivity index (χ2n) is 6.15. The van der Waals surface area contributed by atoms with Gasteiger partial charge in [-0.1, -0.05) is 24.3 Å². The van der Waals surface area contributed by atoms with Crippen LogP contribution in [0.2, 0.25) is 0 Å². The van der Waals surface area contributed by atoms with Crippen molar-refractivity contribution in [1.29, 1.82) is 0 Å². The van der Waals surface area contributed by atoms with Gasteiger partial charge >= 0.3 is 0 Å². The molecular weight excluding hydrogens is 363 g/mol. The van der Waals surface area contributed by atoms with E-state index in [1.165, 1.54) is 29.5 Å². The molecule has 1 aromatic heterocycles. The molecule has 1 aliphatic rings. The molecule has 3 aromatic rings. The first-order valence-electron chi connectivity index (χ1n) is 8.31. The average molecular weight is 378 g/mol. The average Bonchev–Trinajstić information content (AvgIpc) is 3.22. The molecule has 0 unspecified atom stereocenters. The van der Waals surface area contributed by atoms with Crippen molar-refractivity contribution < 1.29 is 14.0 Å². The van der Waals surface area contributed by atoms with Crippen LogP contribution in [-0.2, 0) is 9.59 Å². The third-order valence-electron chi connectivity index (χ3n) is 4.21. The number of aryl methyl sites for hydroxylation is 1. The number of carbonyl (C=O) groups is 2. The number of halogens is 1. The quantitative estimate of drug-likeness (QED) is 0.676. The Hall–Kier alpha value is -3.25. The molecule has 0 spiro atoms. The molecule has 0 saturated carbocycles. The molecule has 134 valence electrons. The number of rotatable bonds is 4. The number of hydrogen-bond acceptors (Lipinski definition) is 4. The molecule has 1 N–H and O–H groups in total. The maximum absolute atomic E-state index is 13.7. The van der Waals surface area contributed by atoms with E-state index in [2.05, 4.69) is 5.32 Å². The number of thiophene rings is 1. The molecule has 4 rings (SSSR count). The maximum atomic E-state index is 13.7. The van der Waals surface area contributed by atoms with Crippen LogP contribution in [0.15, 0.2) is 71.7 Å². The van der Waals surface area contributed by atoms with Crippen molar-refractivity contribution in [3.8, 4) is 0 Å². The van der Waals surface area contributed by atoms with Crippen LogP contribution < -0.4 is 10.2 Å². The van der Waals surface area contributed by atoms with Crippen LogP contribution in [0.4, 0.5) is 15.8 Å². The summed E-state index contributed by atoms with van der Waals surface area (Å²) in [6.07, 6.45) is 0. The van der Waals surface area contributed by atoms with E-state index in [1.807, 2.05) is 42.6 Å². The fourth-order valence-electron chi connectivity index (χ4n) is 3.01. The molecule has 0 bridgehead atoms. The second kappa shape index (κ2) is 6.81. The Labute approximate surface area is 159 Å². The van der Waals surface area contributed by atoms with Crippen molar-refractivity contribution >= 4 is 40.1 Å². The Morgan fingerprint density at radius 3 is 2.48 bits per heavy atom. The first-order chi connectivity index (χ1) is 13.0. The summed E-state index contributed by atoms with van der Waals surface area (Å²) in [6, 6.07) is 16.6. The highest BCUT2D eigenvalue weighted by atomic mass is 32.1. The van der Waals surface area contributed by atoms with Crippen LogP contribution in [0, 0.1) is 12.7 Å². The van der Waals surface area contributed by atoms with Crippen molar-refractivity contribution in [2.75, 3.05) is 10.2 Å². The van der Waals surface area contributed by atoms with E-state index in [4.69, 9.17) is 0 Å². The lowest BCUT2D eigenvalue weighted by molar-refractivity contribution is -0.120. The third-order valence-corrected chi connectivity index (χ3v) is 5.09. The van der Waals surface area contributed by atoms with Crippen LogP contribution in [-0.4, -0.2) is 11.8 Å². The number of anilines is 2. The van der Waals surface area contributed by atoms with Crippen LogP contribution >= 0.6 is 11.3 Å². The predicted molar refractivity (Wildman–Crippen MR) is 105 cm³/mol. The first-order valence-corrected chi connectivity index (χ1v) is 9.19. The number of nitrogens with one attached hydrogen (secondary N) is 1. The molecule has 0 radical (unpaired) electrons. The normalized spacial score (nSPS) is 14.2. The summed E-state index contributed by atoms with van der Waals surface area (Å²) in [6.45, 7) is 1.94. The Balaban J connectivity index is 1.81. The molecule has 0 saturated heterocycles. The molecule has 4 nitrogen and oxygen atoms in total. The molecule has 2 aromatic carbocycles. The van der Waals surface area contributed by atoms with Gasteiger partial charge in [-0.25, -0.2) is 9.29 Å². The van der Waals surface area contributed by atoms with E-state index >= 15 is 0 Å². The summed E-state index contributed by atoms with van der Waals surface area (Å²) < 4.78 is 13.7. The second-order valence-corrected chi connectivity index (χ2v) is 7.10. The van der Waals surface area contributed by atoms with E-state index in [0.29, 0.717) is 16.1 Å². The van der Waals surface area contributed by atoms with Gasteiger partial charge in [0.2, 0.25) is 0 Å². The summed E-state index contributed by atoms with van der Waals surface area (Å²) in [5, 5.41) is 4.94. The van der Waals surface area contributed by atoms with Gasteiger partial charge in [0.05, 0.1) is 11.3 Å². The lowest BCUT2D eigenvalue weighted by Crippen LogP contribution is -2.32. The van der Waals surface area contributed by atoms with Gasteiger partial charge in [0.25, 0.3) is 11.8 Å². The van der Waals surface area contributed by atoms with Crippen LogP contribution in [0.25, 0.3) is 5.57 Å². The number of hydrogen-bond donors (Lipinski definition) is 1. The lowest BCUT2D eigenvalue weighted by Gasteiger charge is -2.15. The van der Waals surface area contributed by atoms with Gasteiger partial charge in [0.15, 0.2) is 0 Å². The van der Waals surface area contributed by atoms with Crippen molar-refractivity contribution in [2.24, 2.45) is 0 Å². The van der Waals surface area contributed by atoms with Gasteiger partial charge in [0, 0.05) is 10.6 Å². The first kappa shape index (κ1) is 17.2. The van der Waals surface area contributed by atoms with E-state index in [0.717, 1.165) is 10.5 Å². The van der Waals surface area contributed by atoms with Crippen LogP contribution in [0.5, 0.6) is 0 Å². The van der Waals surface area contributed by atoms with E-state index in [1.54, 1.807) is 12.1 Å². The van der Waals surface area contributed by atoms with E-state index in [-0.39, 0.29) is 11.4 Å². The Bertz CT molecular complexity index is 1070.